The van der Waals surface area contributed by atoms with Crippen LogP contribution < -0.4 is 15.8 Å². The maximum absolute atomic E-state index is 12.0. The molecule has 1 amide bonds. The highest BCUT2D eigenvalue weighted by Crippen LogP contribution is 2.19. The van der Waals surface area contributed by atoms with Crippen molar-refractivity contribution in [2.45, 2.75) is 53.2 Å². The minimum atomic E-state index is 0.00616. The lowest BCUT2D eigenvalue weighted by Gasteiger charge is -2.20. The van der Waals surface area contributed by atoms with Gasteiger partial charge in [0.05, 0.1) is 0 Å². The Kier molecular flexibility index (Phi) is 6.67. The quantitative estimate of drug-likeness (QED) is 0.727. The molecule has 4 heteroatoms. The Bertz CT molecular complexity index is 718. The van der Waals surface area contributed by atoms with Crippen molar-refractivity contribution in [1.29, 1.82) is 0 Å². The van der Waals surface area contributed by atoms with Crippen molar-refractivity contribution in [2.75, 3.05) is 5.73 Å². The summed E-state index contributed by atoms with van der Waals surface area (Å²) >= 11 is 0. The van der Waals surface area contributed by atoms with Crippen LogP contribution in [0.5, 0.6) is 5.75 Å². The summed E-state index contributed by atoms with van der Waals surface area (Å²) < 4.78 is 5.80. The average molecular weight is 354 g/mol. The number of nitrogens with one attached hydrogen (secondary N) is 1. The molecular formula is C22H30N2O2. The van der Waals surface area contributed by atoms with Gasteiger partial charge in [-0.05, 0) is 54.2 Å². The lowest BCUT2D eigenvalue weighted by Crippen LogP contribution is -2.36. The first-order chi connectivity index (χ1) is 12.2. The van der Waals surface area contributed by atoms with E-state index < -0.39 is 0 Å². The lowest BCUT2D eigenvalue weighted by molar-refractivity contribution is -0.123. The molecule has 0 radical (unpaired) electrons. The molecule has 4 nitrogen and oxygen atoms in total. The minimum absolute atomic E-state index is 0.00616. The average Bonchev–Trinajstić information content (AvgIpc) is 2.52. The van der Waals surface area contributed by atoms with Crippen LogP contribution in [0.25, 0.3) is 0 Å². The van der Waals surface area contributed by atoms with Crippen molar-refractivity contribution in [3.8, 4) is 5.75 Å². The number of carbonyl (C=O) groups excluding carboxylic acids is 1. The summed E-state index contributed by atoms with van der Waals surface area (Å²) in [5, 5.41) is 3.07. The molecule has 2 aromatic carbocycles. The lowest BCUT2D eigenvalue weighted by atomic mass is 9.92. The molecule has 0 spiro atoms. The summed E-state index contributed by atoms with van der Waals surface area (Å²) in [5.74, 6) is 0.924. The maximum Gasteiger partial charge on any atom is 0.220 e. The first-order valence-corrected chi connectivity index (χ1v) is 9.07. The van der Waals surface area contributed by atoms with Crippen molar-refractivity contribution in [1.82, 2.24) is 5.32 Å². The summed E-state index contributed by atoms with van der Waals surface area (Å²) in [5.41, 5.74) is 8.74. The highest BCUT2D eigenvalue weighted by molar-refractivity contribution is 5.76. The van der Waals surface area contributed by atoms with E-state index in [2.05, 4.69) is 26.1 Å². The second kappa shape index (κ2) is 8.75. The second-order valence-electron chi connectivity index (χ2n) is 8.09. The molecule has 0 bridgehead atoms. The summed E-state index contributed by atoms with van der Waals surface area (Å²) in [7, 11) is 0. The van der Waals surface area contributed by atoms with Gasteiger partial charge in [0, 0.05) is 18.2 Å². The van der Waals surface area contributed by atoms with E-state index in [-0.39, 0.29) is 17.4 Å². The highest BCUT2D eigenvalue weighted by Gasteiger charge is 2.17. The molecular weight excluding hydrogens is 324 g/mol. The van der Waals surface area contributed by atoms with Crippen LogP contribution >= 0.6 is 0 Å². The number of rotatable bonds is 7. The van der Waals surface area contributed by atoms with Crippen LogP contribution in [0.2, 0.25) is 0 Å². The third kappa shape index (κ3) is 7.18. The Hall–Kier alpha value is -2.49. The van der Waals surface area contributed by atoms with Crippen LogP contribution in [0, 0.1) is 5.41 Å². The first kappa shape index (κ1) is 19.8. The van der Waals surface area contributed by atoms with Crippen LogP contribution in [-0.2, 0) is 17.8 Å². The zero-order valence-corrected chi connectivity index (χ0v) is 16.2. The van der Waals surface area contributed by atoms with Gasteiger partial charge < -0.3 is 15.8 Å². The van der Waals surface area contributed by atoms with E-state index >= 15 is 0 Å². The Morgan fingerprint density at radius 1 is 1.12 bits per heavy atom. The zero-order chi connectivity index (χ0) is 19.2. The summed E-state index contributed by atoms with van der Waals surface area (Å²) in [6, 6.07) is 15.8. The highest BCUT2D eigenvalue weighted by atomic mass is 16.5. The van der Waals surface area contributed by atoms with Gasteiger partial charge in [0.2, 0.25) is 5.91 Å². The van der Waals surface area contributed by atoms with Gasteiger partial charge in [-0.15, -0.1) is 0 Å². The fraction of sp³-hybridized carbons (Fsp3) is 0.409. The molecule has 0 aliphatic heterocycles. The topological polar surface area (TPSA) is 64.3 Å². The van der Waals surface area contributed by atoms with E-state index in [0.29, 0.717) is 13.0 Å². The summed E-state index contributed by atoms with van der Waals surface area (Å²) in [4.78, 5) is 12.0. The number of ether oxygens (including phenoxy) is 1. The number of nitrogen functional groups attached to an aromatic ring is 1. The molecule has 1 atom stereocenters. The number of hydrogen-bond donors (Lipinski definition) is 2. The predicted octanol–water partition coefficient (Wildman–Crippen LogP) is 4.33. The van der Waals surface area contributed by atoms with Gasteiger partial charge in [-0.1, -0.05) is 45.0 Å². The Morgan fingerprint density at radius 3 is 2.42 bits per heavy atom. The number of carbonyl (C=O) groups is 1. The fourth-order valence-corrected chi connectivity index (χ4v) is 2.78. The fourth-order valence-electron chi connectivity index (χ4n) is 2.78. The number of anilines is 1. The van der Waals surface area contributed by atoms with Crippen LogP contribution in [0.3, 0.4) is 0 Å². The maximum atomic E-state index is 12.0. The smallest absolute Gasteiger partial charge is 0.220 e. The molecule has 0 fully saturated rings. The Labute approximate surface area is 156 Å². The molecule has 0 heterocycles. The van der Waals surface area contributed by atoms with Gasteiger partial charge >= 0.3 is 0 Å². The minimum Gasteiger partial charge on any atom is -0.489 e. The SMILES string of the molecule is CC(Cc1ccc(OCc2cccc(N)c2)cc1)NC(=O)CC(C)(C)C. The molecule has 3 N–H and O–H groups in total. The first-order valence-electron chi connectivity index (χ1n) is 9.07. The number of benzene rings is 2. The van der Waals surface area contributed by atoms with Crippen molar-refractivity contribution in [2.24, 2.45) is 5.41 Å². The van der Waals surface area contributed by atoms with E-state index in [4.69, 9.17) is 10.5 Å². The second-order valence-corrected chi connectivity index (χ2v) is 8.09. The number of nitrogens with two attached hydrogens (primary N) is 1. The van der Waals surface area contributed by atoms with E-state index in [1.165, 1.54) is 5.56 Å². The third-order valence-corrected chi connectivity index (χ3v) is 3.92. The molecule has 26 heavy (non-hydrogen) atoms. The molecule has 1 unspecified atom stereocenters. The molecule has 140 valence electrons. The van der Waals surface area contributed by atoms with Crippen molar-refractivity contribution < 1.29 is 9.53 Å². The monoisotopic (exact) mass is 354 g/mol. The van der Waals surface area contributed by atoms with E-state index in [9.17, 15) is 4.79 Å². The molecule has 0 saturated carbocycles. The van der Waals surface area contributed by atoms with Gasteiger partial charge in [-0.2, -0.15) is 0 Å². The van der Waals surface area contributed by atoms with Crippen LogP contribution in [0.15, 0.2) is 48.5 Å². The molecule has 2 aromatic rings. The van der Waals surface area contributed by atoms with Gasteiger partial charge in [0.25, 0.3) is 0 Å². The van der Waals surface area contributed by atoms with Crippen LogP contribution in [0.4, 0.5) is 5.69 Å². The predicted molar refractivity (Wildman–Crippen MR) is 107 cm³/mol. The zero-order valence-electron chi connectivity index (χ0n) is 16.2. The molecule has 2 rings (SSSR count). The van der Waals surface area contributed by atoms with E-state index in [1.54, 1.807) is 0 Å². The third-order valence-electron chi connectivity index (χ3n) is 3.92. The molecule has 0 saturated heterocycles. The number of amides is 1. The van der Waals surface area contributed by atoms with Crippen LogP contribution in [0.1, 0.15) is 45.2 Å². The van der Waals surface area contributed by atoms with Crippen LogP contribution in [-0.4, -0.2) is 11.9 Å². The normalized spacial score (nSPS) is 12.5. The van der Waals surface area contributed by atoms with E-state index in [1.807, 2.05) is 55.5 Å². The Morgan fingerprint density at radius 2 is 1.81 bits per heavy atom. The number of hydrogen-bond acceptors (Lipinski definition) is 3. The molecule has 0 aliphatic rings. The largest absolute Gasteiger partial charge is 0.489 e. The van der Waals surface area contributed by atoms with Crippen molar-refractivity contribution in [3.05, 3.63) is 59.7 Å². The molecule has 0 aromatic heterocycles. The van der Waals surface area contributed by atoms with Crippen molar-refractivity contribution >= 4 is 11.6 Å². The van der Waals surface area contributed by atoms with Crippen molar-refractivity contribution in [3.63, 3.8) is 0 Å². The van der Waals surface area contributed by atoms with Gasteiger partial charge in [0.1, 0.15) is 12.4 Å². The van der Waals surface area contributed by atoms with Gasteiger partial charge in [-0.25, -0.2) is 0 Å². The summed E-state index contributed by atoms with van der Waals surface area (Å²) in [6.45, 7) is 8.73. The molecule has 0 aliphatic carbocycles. The van der Waals surface area contributed by atoms with E-state index in [0.717, 1.165) is 23.4 Å². The standard InChI is InChI=1S/C22H30N2O2/c1-16(24-21(25)14-22(2,3)4)12-17-8-10-20(11-9-17)26-15-18-6-5-7-19(23)13-18/h5-11,13,16H,12,14-15,23H2,1-4H3,(H,24,25). The summed E-state index contributed by atoms with van der Waals surface area (Å²) in [6.07, 6.45) is 1.33. The van der Waals surface area contributed by atoms with Gasteiger partial charge in [0.15, 0.2) is 0 Å². The van der Waals surface area contributed by atoms with Gasteiger partial charge in [-0.3, -0.25) is 4.79 Å². The Balaban J connectivity index is 1.82.